The zero-order valence-corrected chi connectivity index (χ0v) is 12.7. The van der Waals surface area contributed by atoms with Crippen LogP contribution in [0, 0.1) is 0 Å². The molecule has 0 aliphatic heterocycles. The van der Waals surface area contributed by atoms with Crippen molar-refractivity contribution in [3.05, 3.63) is 69.7 Å². The van der Waals surface area contributed by atoms with Crippen LogP contribution in [0.4, 0.5) is 0 Å². The zero-order chi connectivity index (χ0) is 12.8. The van der Waals surface area contributed by atoms with Crippen LogP contribution in [0.15, 0.2) is 53.0 Å². The van der Waals surface area contributed by atoms with Gasteiger partial charge in [0.15, 0.2) is 5.78 Å². The topological polar surface area (TPSA) is 17.1 Å². The molecule has 1 nitrogen and oxygen atoms in total. The van der Waals surface area contributed by atoms with Gasteiger partial charge < -0.3 is 0 Å². The number of halogens is 2. The zero-order valence-electron chi connectivity index (χ0n) is 9.49. The predicted molar refractivity (Wildman–Crippen MR) is 79.2 cm³/mol. The minimum atomic E-state index is -0.600. The first-order valence-electron chi connectivity index (χ1n) is 5.69. The molecule has 0 aromatic heterocycles. The number of alkyl halides is 1. The van der Waals surface area contributed by atoms with Crippen LogP contribution in [0.25, 0.3) is 0 Å². The van der Waals surface area contributed by atoms with Crippen molar-refractivity contribution in [2.75, 3.05) is 0 Å². The second-order valence-corrected chi connectivity index (χ2v) is 6.74. The molecule has 0 saturated carbocycles. The number of rotatable bonds is 1. The molecule has 90 valence electrons. The fourth-order valence-electron chi connectivity index (χ4n) is 2.42. The number of Topliss-reactive ketones (excluding diaryl/α,β-unsaturated/α-hetero) is 1. The molecule has 0 radical (unpaired) electrons. The van der Waals surface area contributed by atoms with Crippen LogP contribution < -0.4 is 0 Å². The van der Waals surface area contributed by atoms with Crippen LogP contribution in [0.2, 0.25) is 0 Å². The molecular weight excluding hydrogens is 356 g/mol. The Bertz CT molecular complexity index is 622. The Hall–Kier alpha value is -0.930. The molecule has 0 heterocycles. The fraction of sp³-hybridized carbons (Fsp3) is 0.133. The molecule has 1 unspecified atom stereocenters. The lowest BCUT2D eigenvalue weighted by Gasteiger charge is -2.20. The van der Waals surface area contributed by atoms with E-state index in [1.807, 2.05) is 48.5 Å². The predicted octanol–water partition coefficient (Wildman–Crippen LogP) is 4.48. The minimum Gasteiger partial charge on any atom is -0.292 e. The summed E-state index contributed by atoms with van der Waals surface area (Å²) in [5.74, 6) is 0.149. The van der Waals surface area contributed by atoms with Crippen LogP contribution in [-0.4, -0.2) is 5.78 Å². The molecule has 0 bridgehead atoms. The molecule has 3 heteroatoms. The molecule has 2 aromatic rings. The van der Waals surface area contributed by atoms with Crippen LogP contribution in [0.3, 0.4) is 0 Å². The Kier molecular flexibility index (Phi) is 2.91. The van der Waals surface area contributed by atoms with Gasteiger partial charge in [-0.2, -0.15) is 0 Å². The van der Waals surface area contributed by atoms with E-state index in [1.54, 1.807) is 0 Å². The van der Waals surface area contributed by atoms with E-state index in [9.17, 15) is 4.79 Å². The molecule has 0 amide bonds. The monoisotopic (exact) mass is 364 g/mol. The lowest BCUT2D eigenvalue weighted by atomic mass is 9.95. The summed E-state index contributed by atoms with van der Waals surface area (Å²) in [7, 11) is 0. The Morgan fingerprint density at radius 3 is 2.50 bits per heavy atom. The molecule has 18 heavy (non-hydrogen) atoms. The van der Waals surface area contributed by atoms with Gasteiger partial charge in [0.2, 0.25) is 0 Å². The van der Waals surface area contributed by atoms with Crippen LogP contribution in [0.5, 0.6) is 0 Å². The van der Waals surface area contributed by atoms with Crippen molar-refractivity contribution < 1.29 is 4.79 Å². The van der Waals surface area contributed by atoms with Gasteiger partial charge in [-0.15, -0.1) is 0 Å². The summed E-state index contributed by atoms with van der Waals surface area (Å²) < 4.78 is 0.413. The van der Waals surface area contributed by atoms with E-state index in [1.165, 1.54) is 0 Å². The van der Waals surface area contributed by atoms with Crippen molar-refractivity contribution in [1.82, 2.24) is 0 Å². The van der Waals surface area contributed by atoms with Crippen LogP contribution >= 0.6 is 31.9 Å². The normalized spacial score (nSPS) is 22.0. The molecule has 1 aliphatic rings. The highest BCUT2D eigenvalue weighted by Gasteiger charge is 2.44. The summed E-state index contributed by atoms with van der Waals surface area (Å²) >= 11 is 7.11. The Balaban J connectivity index is 2.11. The number of fused-ring (bicyclic) bond motifs is 1. The van der Waals surface area contributed by atoms with Crippen molar-refractivity contribution in [3.63, 3.8) is 0 Å². The Labute approximate surface area is 122 Å². The van der Waals surface area contributed by atoms with Gasteiger partial charge in [-0.25, -0.2) is 0 Å². The third-order valence-electron chi connectivity index (χ3n) is 3.34. The Morgan fingerprint density at radius 2 is 1.78 bits per heavy atom. The van der Waals surface area contributed by atoms with E-state index in [2.05, 4.69) is 31.9 Å². The highest BCUT2D eigenvalue weighted by molar-refractivity contribution is 9.10. The highest BCUT2D eigenvalue weighted by Crippen LogP contribution is 2.44. The maximum atomic E-state index is 12.6. The van der Waals surface area contributed by atoms with Gasteiger partial charge in [-0.3, -0.25) is 4.79 Å². The van der Waals surface area contributed by atoms with E-state index in [-0.39, 0.29) is 5.78 Å². The molecule has 1 atom stereocenters. The van der Waals surface area contributed by atoms with Gasteiger partial charge in [-0.05, 0) is 35.7 Å². The molecule has 0 saturated heterocycles. The second kappa shape index (κ2) is 4.32. The summed E-state index contributed by atoms with van der Waals surface area (Å²) in [6.45, 7) is 0. The number of hydrogen-bond acceptors (Lipinski definition) is 1. The molecule has 3 rings (SSSR count). The maximum Gasteiger partial charge on any atom is 0.184 e. The van der Waals surface area contributed by atoms with Gasteiger partial charge in [-0.1, -0.05) is 62.2 Å². The smallest absolute Gasteiger partial charge is 0.184 e. The van der Waals surface area contributed by atoms with E-state index < -0.39 is 4.32 Å². The summed E-state index contributed by atoms with van der Waals surface area (Å²) in [5, 5.41) is 0. The maximum absolute atomic E-state index is 12.6. The van der Waals surface area contributed by atoms with Crippen molar-refractivity contribution in [1.29, 1.82) is 0 Å². The van der Waals surface area contributed by atoms with Crippen molar-refractivity contribution in [2.24, 2.45) is 0 Å². The van der Waals surface area contributed by atoms with Crippen molar-refractivity contribution >= 4 is 37.6 Å². The molecule has 0 fully saturated rings. The van der Waals surface area contributed by atoms with Gasteiger partial charge in [0.25, 0.3) is 0 Å². The summed E-state index contributed by atoms with van der Waals surface area (Å²) in [5.41, 5.74) is 2.93. The van der Waals surface area contributed by atoms with Crippen molar-refractivity contribution in [3.8, 4) is 0 Å². The standard InChI is InChI=1S/C15H10Br2O/c16-12-6-7-13-10(8-12)9-15(17,14(13)18)11-4-2-1-3-5-11/h1-8H,9H2. The average molecular weight is 366 g/mol. The average Bonchev–Trinajstić information content (AvgIpc) is 2.63. The lowest BCUT2D eigenvalue weighted by Crippen LogP contribution is -2.25. The largest absolute Gasteiger partial charge is 0.292 e. The van der Waals surface area contributed by atoms with E-state index in [4.69, 9.17) is 0 Å². The lowest BCUT2D eigenvalue weighted by molar-refractivity contribution is 0.0960. The third-order valence-corrected chi connectivity index (χ3v) is 4.93. The number of hydrogen-bond donors (Lipinski definition) is 0. The molecule has 0 N–H and O–H groups in total. The van der Waals surface area contributed by atoms with E-state index in [0.717, 1.165) is 21.2 Å². The fourth-order valence-corrected chi connectivity index (χ4v) is 3.61. The summed E-state index contributed by atoms with van der Waals surface area (Å²) in [4.78, 5) is 12.6. The summed E-state index contributed by atoms with van der Waals surface area (Å²) in [6, 6.07) is 15.7. The number of ketones is 1. The molecular formula is C15H10Br2O. The molecule has 2 aromatic carbocycles. The number of carbonyl (C=O) groups is 1. The highest BCUT2D eigenvalue weighted by atomic mass is 79.9. The first-order valence-corrected chi connectivity index (χ1v) is 7.27. The van der Waals surface area contributed by atoms with E-state index >= 15 is 0 Å². The molecule has 0 spiro atoms. The minimum absolute atomic E-state index is 0.149. The SMILES string of the molecule is O=C1c2ccc(Br)cc2CC1(Br)c1ccccc1. The van der Waals surface area contributed by atoms with Gasteiger partial charge in [0, 0.05) is 10.0 Å². The summed E-state index contributed by atoms with van der Waals surface area (Å²) in [6.07, 6.45) is 0.699. The third kappa shape index (κ3) is 1.77. The first kappa shape index (κ1) is 12.1. The van der Waals surface area contributed by atoms with Crippen molar-refractivity contribution in [2.45, 2.75) is 10.7 Å². The Morgan fingerprint density at radius 1 is 1.06 bits per heavy atom. The second-order valence-electron chi connectivity index (χ2n) is 4.47. The quantitative estimate of drug-likeness (QED) is 0.681. The van der Waals surface area contributed by atoms with Gasteiger partial charge in [0.1, 0.15) is 4.32 Å². The number of carbonyl (C=O) groups excluding carboxylic acids is 1. The molecule has 1 aliphatic carbocycles. The van der Waals surface area contributed by atoms with E-state index in [0.29, 0.717) is 6.42 Å². The first-order chi connectivity index (χ1) is 8.61. The van der Waals surface area contributed by atoms with Gasteiger partial charge >= 0.3 is 0 Å². The van der Waals surface area contributed by atoms with Crippen LogP contribution in [0.1, 0.15) is 21.5 Å². The van der Waals surface area contributed by atoms with Gasteiger partial charge in [0.05, 0.1) is 0 Å². The number of benzene rings is 2. The van der Waals surface area contributed by atoms with Crippen LogP contribution in [-0.2, 0) is 10.7 Å².